The molecule has 0 bridgehead atoms. The van der Waals surface area contributed by atoms with Crippen molar-refractivity contribution in [3.05, 3.63) is 20.8 Å². The number of carboxylic acids is 1. The maximum Gasteiger partial charge on any atom is 0.320 e. The van der Waals surface area contributed by atoms with E-state index in [9.17, 15) is 4.79 Å². The second kappa shape index (κ2) is 4.63. The normalized spacial score (nSPS) is 26.5. The first-order valence-corrected chi connectivity index (χ1v) is 6.62. The minimum Gasteiger partial charge on any atom is -0.480 e. The van der Waals surface area contributed by atoms with E-state index in [1.165, 1.54) is 5.56 Å². The van der Waals surface area contributed by atoms with Gasteiger partial charge in [0, 0.05) is 15.9 Å². The lowest BCUT2D eigenvalue weighted by Gasteiger charge is -2.28. The number of nitrogens with one attached hydrogen (secondary N) is 1. The Bertz CT molecular complexity index is 366. The van der Waals surface area contributed by atoms with Crippen LogP contribution in [-0.2, 0) is 4.79 Å². The quantitative estimate of drug-likeness (QED) is 0.880. The van der Waals surface area contributed by atoms with Gasteiger partial charge in [0.15, 0.2) is 0 Å². The summed E-state index contributed by atoms with van der Waals surface area (Å²) >= 11 is 5.12. The Morgan fingerprint density at radius 2 is 2.33 bits per heavy atom. The molecule has 82 valence electrons. The molecule has 1 aliphatic rings. The lowest BCUT2D eigenvalue weighted by molar-refractivity contribution is -0.140. The van der Waals surface area contributed by atoms with E-state index in [4.69, 9.17) is 5.11 Å². The van der Waals surface area contributed by atoms with Crippen LogP contribution in [0.5, 0.6) is 0 Å². The molecule has 0 spiro atoms. The molecular formula is C10H12BrNO2S. The summed E-state index contributed by atoms with van der Waals surface area (Å²) in [5.74, 6) is -0.744. The van der Waals surface area contributed by atoms with Gasteiger partial charge in [-0.1, -0.05) is 0 Å². The number of piperidine rings is 1. The summed E-state index contributed by atoms with van der Waals surface area (Å²) in [6, 6.07) is -0.212. The van der Waals surface area contributed by atoms with Crippen LogP contribution in [0.25, 0.3) is 0 Å². The Kier molecular flexibility index (Phi) is 3.43. The minimum atomic E-state index is -0.744. The number of thiophene rings is 1. The highest BCUT2D eigenvalue weighted by Crippen LogP contribution is 2.33. The lowest BCUT2D eigenvalue weighted by Crippen LogP contribution is -2.42. The summed E-state index contributed by atoms with van der Waals surface area (Å²) in [5.41, 5.74) is 1.19. The molecule has 1 saturated heterocycles. The molecule has 2 N–H and O–H groups in total. The van der Waals surface area contributed by atoms with Gasteiger partial charge in [0.1, 0.15) is 6.04 Å². The van der Waals surface area contributed by atoms with Gasteiger partial charge < -0.3 is 5.11 Å². The lowest BCUT2D eigenvalue weighted by atomic mass is 9.95. The molecule has 0 aliphatic carbocycles. The van der Waals surface area contributed by atoms with Crippen LogP contribution in [0.2, 0.25) is 0 Å². The van der Waals surface area contributed by atoms with Crippen LogP contribution in [0.15, 0.2) is 15.2 Å². The van der Waals surface area contributed by atoms with Crippen LogP contribution in [-0.4, -0.2) is 17.1 Å². The number of carbonyl (C=O) groups is 1. The largest absolute Gasteiger partial charge is 0.480 e. The van der Waals surface area contributed by atoms with Crippen molar-refractivity contribution >= 4 is 33.2 Å². The van der Waals surface area contributed by atoms with E-state index >= 15 is 0 Å². The summed E-state index contributed by atoms with van der Waals surface area (Å²) in [6.07, 6.45) is 2.71. The first-order chi connectivity index (χ1) is 7.18. The zero-order valence-electron chi connectivity index (χ0n) is 8.07. The summed E-state index contributed by atoms with van der Waals surface area (Å²) in [6.45, 7) is 0. The Hall–Kier alpha value is -0.390. The van der Waals surface area contributed by atoms with Gasteiger partial charge >= 0.3 is 5.97 Å². The van der Waals surface area contributed by atoms with Crippen molar-refractivity contribution in [2.45, 2.75) is 31.3 Å². The van der Waals surface area contributed by atoms with Crippen molar-refractivity contribution in [3.8, 4) is 0 Å². The van der Waals surface area contributed by atoms with Gasteiger partial charge in [-0.05, 0) is 46.1 Å². The van der Waals surface area contributed by atoms with Crippen LogP contribution in [0.3, 0.4) is 0 Å². The fraction of sp³-hybridized carbons (Fsp3) is 0.500. The molecule has 1 aliphatic heterocycles. The summed E-state index contributed by atoms with van der Waals surface area (Å²) in [4.78, 5) is 10.9. The van der Waals surface area contributed by atoms with E-state index in [-0.39, 0.29) is 6.04 Å². The van der Waals surface area contributed by atoms with Crippen molar-refractivity contribution in [2.24, 2.45) is 0 Å². The molecule has 0 amide bonds. The molecule has 5 heteroatoms. The molecule has 0 aromatic carbocycles. The Balaban J connectivity index is 2.11. The first-order valence-electron chi connectivity index (χ1n) is 4.89. The summed E-state index contributed by atoms with van der Waals surface area (Å²) < 4.78 is 1.08. The van der Waals surface area contributed by atoms with Gasteiger partial charge in [-0.2, -0.15) is 11.3 Å². The van der Waals surface area contributed by atoms with Crippen molar-refractivity contribution in [3.63, 3.8) is 0 Å². The highest BCUT2D eigenvalue weighted by molar-refractivity contribution is 9.10. The molecule has 2 heterocycles. The standard InChI is InChI=1S/C10H12BrNO2S/c11-7-5-15-4-6(7)8-2-1-3-9(12-8)10(13)14/h4-5,8-9,12H,1-3H2,(H,13,14). The van der Waals surface area contributed by atoms with Gasteiger partial charge in [-0.25, -0.2) is 0 Å². The van der Waals surface area contributed by atoms with Crippen LogP contribution < -0.4 is 5.32 Å². The Morgan fingerprint density at radius 1 is 1.53 bits per heavy atom. The third kappa shape index (κ3) is 2.41. The molecule has 1 fully saturated rings. The fourth-order valence-corrected chi connectivity index (χ4v) is 3.54. The van der Waals surface area contributed by atoms with Crippen LogP contribution in [0, 0.1) is 0 Å². The molecule has 3 nitrogen and oxygen atoms in total. The van der Waals surface area contributed by atoms with E-state index in [0.717, 1.165) is 23.7 Å². The van der Waals surface area contributed by atoms with E-state index in [2.05, 4.69) is 26.6 Å². The molecule has 15 heavy (non-hydrogen) atoms. The van der Waals surface area contributed by atoms with Crippen molar-refractivity contribution in [2.75, 3.05) is 0 Å². The molecule has 2 unspecified atom stereocenters. The van der Waals surface area contributed by atoms with Crippen molar-refractivity contribution < 1.29 is 9.90 Å². The van der Waals surface area contributed by atoms with E-state index < -0.39 is 12.0 Å². The van der Waals surface area contributed by atoms with Crippen LogP contribution in [0.1, 0.15) is 30.9 Å². The van der Waals surface area contributed by atoms with E-state index in [1.807, 2.05) is 5.38 Å². The first kappa shape index (κ1) is 11.1. The molecule has 0 radical (unpaired) electrons. The maximum absolute atomic E-state index is 10.9. The van der Waals surface area contributed by atoms with Gasteiger partial charge in [0.05, 0.1) is 0 Å². The zero-order valence-corrected chi connectivity index (χ0v) is 10.5. The van der Waals surface area contributed by atoms with Crippen molar-refractivity contribution in [1.82, 2.24) is 5.32 Å². The predicted molar refractivity (Wildman–Crippen MR) is 63.2 cm³/mol. The molecular weight excluding hydrogens is 278 g/mol. The average molecular weight is 290 g/mol. The number of hydrogen-bond acceptors (Lipinski definition) is 3. The SMILES string of the molecule is O=C(O)C1CCCC(c2cscc2Br)N1. The Morgan fingerprint density at radius 3 is 2.93 bits per heavy atom. The van der Waals surface area contributed by atoms with Gasteiger partial charge in [0.2, 0.25) is 0 Å². The fourth-order valence-electron chi connectivity index (χ4n) is 1.92. The number of rotatable bonds is 2. The van der Waals surface area contributed by atoms with Gasteiger partial charge in [0.25, 0.3) is 0 Å². The molecule has 0 saturated carbocycles. The highest BCUT2D eigenvalue weighted by Gasteiger charge is 2.27. The molecule has 1 aromatic heterocycles. The third-order valence-electron chi connectivity index (χ3n) is 2.70. The molecule has 2 atom stereocenters. The van der Waals surface area contributed by atoms with Gasteiger partial charge in [-0.15, -0.1) is 0 Å². The predicted octanol–water partition coefficient (Wildman–Crippen LogP) is 2.78. The number of halogens is 1. The second-order valence-electron chi connectivity index (χ2n) is 3.72. The van der Waals surface area contributed by atoms with Crippen LogP contribution >= 0.6 is 27.3 Å². The Labute approximate surface area is 101 Å². The average Bonchev–Trinajstić information content (AvgIpc) is 2.64. The van der Waals surface area contributed by atoms with Crippen molar-refractivity contribution in [1.29, 1.82) is 0 Å². The number of aliphatic carboxylic acids is 1. The second-order valence-corrected chi connectivity index (χ2v) is 5.31. The zero-order chi connectivity index (χ0) is 10.8. The number of hydrogen-bond donors (Lipinski definition) is 2. The smallest absolute Gasteiger partial charge is 0.320 e. The summed E-state index contributed by atoms with van der Waals surface area (Å²) in [5, 5.41) is 16.2. The topological polar surface area (TPSA) is 49.3 Å². The van der Waals surface area contributed by atoms with Crippen LogP contribution in [0.4, 0.5) is 0 Å². The van der Waals surface area contributed by atoms with E-state index in [1.54, 1.807) is 11.3 Å². The third-order valence-corrected chi connectivity index (χ3v) is 4.46. The highest BCUT2D eigenvalue weighted by atomic mass is 79.9. The molecule has 1 aromatic rings. The van der Waals surface area contributed by atoms with Gasteiger partial charge in [-0.3, -0.25) is 10.1 Å². The minimum absolute atomic E-state index is 0.181. The van der Waals surface area contributed by atoms with E-state index in [0.29, 0.717) is 0 Å². The summed E-state index contributed by atoms with van der Waals surface area (Å²) in [7, 11) is 0. The molecule has 2 rings (SSSR count). The maximum atomic E-state index is 10.9. The number of carboxylic acid groups (broad SMARTS) is 1. The monoisotopic (exact) mass is 289 g/mol.